The van der Waals surface area contributed by atoms with Crippen molar-refractivity contribution in [1.82, 2.24) is 4.90 Å². The Morgan fingerprint density at radius 3 is 2.93 bits per heavy atom. The number of carbonyl (C=O) groups excluding carboxylic acids is 1. The lowest BCUT2D eigenvalue weighted by atomic mass is 9.98. The zero-order valence-corrected chi connectivity index (χ0v) is 17.1. The Bertz CT molecular complexity index is 716. The number of aliphatic carboxylic acids is 1. The van der Waals surface area contributed by atoms with Gasteiger partial charge in [-0.2, -0.15) is 0 Å². The molecule has 1 aliphatic heterocycles. The van der Waals surface area contributed by atoms with Crippen molar-refractivity contribution < 1.29 is 19.8 Å². The molecule has 2 N–H and O–H groups in total. The third-order valence-corrected chi connectivity index (χ3v) is 5.61. The number of nitrogens with zero attached hydrogens (tertiary/aromatic N) is 1. The lowest BCUT2D eigenvalue weighted by Crippen LogP contribution is -2.42. The zero-order valence-electron chi connectivity index (χ0n) is 16.3. The molecule has 152 valence electrons. The summed E-state index contributed by atoms with van der Waals surface area (Å²) in [5, 5.41) is 20.9. The van der Waals surface area contributed by atoms with Gasteiger partial charge in [0, 0.05) is 25.1 Å². The van der Waals surface area contributed by atoms with Crippen molar-refractivity contribution >= 4 is 23.6 Å². The number of aliphatic hydroxyl groups is 1. The average molecular weight is 404 g/mol. The fourth-order valence-corrected chi connectivity index (χ4v) is 3.86. The smallest absolute Gasteiger partial charge is 0.304 e. The molecule has 0 aliphatic carbocycles. The van der Waals surface area contributed by atoms with Gasteiger partial charge in [-0.3, -0.25) is 9.59 Å². The number of benzene rings is 1. The molecule has 6 heteroatoms. The fraction of sp³-hybridized carbons (Fsp3) is 0.455. The zero-order chi connectivity index (χ0) is 20.4. The summed E-state index contributed by atoms with van der Waals surface area (Å²) in [6.07, 6.45) is 8.05. The van der Waals surface area contributed by atoms with Gasteiger partial charge in [0.2, 0.25) is 5.91 Å². The van der Waals surface area contributed by atoms with Crippen LogP contribution in [-0.2, 0) is 16.0 Å². The molecule has 0 radical (unpaired) electrons. The molecule has 1 heterocycles. The number of carboxylic acid groups (broad SMARTS) is 1. The number of hydrogen-bond acceptors (Lipinski definition) is 4. The molecule has 1 aromatic rings. The Morgan fingerprint density at radius 2 is 2.18 bits per heavy atom. The predicted octanol–water partition coefficient (Wildman–Crippen LogP) is 3.56. The third kappa shape index (κ3) is 7.52. The van der Waals surface area contributed by atoms with Gasteiger partial charge in [0.05, 0.1) is 18.6 Å². The molecule has 0 aromatic heterocycles. The van der Waals surface area contributed by atoms with Crippen LogP contribution >= 0.6 is 11.8 Å². The SMILES string of the molecule is Cc1ccccc1CC(O)C=C[C@H]1CCCC(=O)N1CC=CSCCC(=O)O. The highest BCUT2D eigenvalue weighted by Crippen LogP contribution is 2.20. The van der Waals surface area contributed by atoms with E-state index in [2.05, 4.69) is 0 Å². The molecule has 0 bridgehead atoms. The summed E-state index contributed by atoms with van der Waals surface area (Å²) in [4.78, 5) is 24.6. The lowest BCUT2D eigenvalue weighted by molar-refractivity contribution is -0.136. The quantitative estimate of drug-likeness (QED) is 0.461. The molecule has 28 heavy (non-hydrogen) atoms. The fourth-order valence-electron chi connectivity index (χ4n) is 3.21. The van der Waals surface area contributed by atoms with Gasteiger partial charge in [0.1, 0.15) is 0 Å². The van der Waals surface area contributed by atoms with E-state index in [-0.39, 0.29) is 18.4 Å². The summed E-state index contributed by atoms with van der Waals surface area (Å²) < 4.78 is 0. The molecular formula is C22H29NO4S. The second-order valence-corrected chi connectivity index (χ2v) is 7.99. The van der Waals surface area contributed by atoms with Crippen molar-refractivity contribution in [1.29, 1.82) is 0 Å². The number of thioether (sulfide) groups is 1. The van der Waals surface area contributed by atoms with E-state index in [4.69, 9.17) is 5.11 Å². The maximum absolute atomic E-state index is 12.3. The van der Waals surface area contributed by atoms with E-state index in [0.29, 0.717) is 25.1 Å². The van der Waals surface area contributed by atoms with Crippen LogP contribution in [0.3, 0.4) is 0 Å². The molecule has 1 fully saturated rings. The first-order valence-corrected chi connectivity index (χ1v) is 10.7. The van der Waals surface area contributed by atoms with Gasteiger partial charge in [-0.1, -0.05) is 42.5 Å². The minimum atomic E-state index is -0.804. The van der Waals surface area contributed by atoms with Crippen LogP contribution in [0, 0.1) is 6.92 Å². The second-order valence-electron chi connectivity index (χ2n) is 6.97. The Kier molecular flexibility index (Phi) is 9.31. The number of hydrogen-bond donors (Lipinski definition) is 2. The molecule has 1 saturated heterocycles. The topological polar surface area (TPSA) is 77.8 Å². The number of rotatable bonds is 10. The van der Waals surface area contributed by atoms with Crippen molar-refractivity contribution in [3.8, 4) is 0 Å². The number of carboxylic acids is 1. The summed E-state index contributed by atoms with van der Waals surface area (Å²) in [5.74, 6) is -0.162. The van der Waals surface area contributed by atoms with E-state index < -0.39 is 12.1 Å². The molecule has 1 unspecified atom stereocenters. The van der Waals surface area contributed by atoms with E-state index >= 15 is 0 Å². The van der Waals surface area contributed by atoms with E-state index in [1.807, 2.05) is 53.6 Å². The van der Waals surface area contributed by atoms with Gasteiger partial charge >= 0.3 is 5.97 Å². The number of aryl methyl sites for hydroxylation is 1. The molecule has 0 spiro atoms. The maximum atomic E-state index is 12.3. The van der Waals surface area contributed by atoms with E-state index in [1.54, 1.807) is 6.08 Å². The lowest BCUT2D eigenvalue weighted by Gasteiger charge is -2.33. The first-order valence-electron chi connectivity index (χ1n) is 9.66. The number of amides is 1. The molecule has 1 aliphatic rings. The minimum absolute atomic E-state index is 0.0126. The van der Waals surface area contributed by atoms with Crippen LogP contribution in [0.25, 0.3) is 0 Å². The van der Waals surface area contributed by atoms with Crippen molar-refractivity contribution in [2.24, 2.45) is 0 Å². The normalized spacial score (nSPS) is 18.9. The number of piperidine rings is 1. The van der Waals surface area contributed by atoms with Crippen LogP contribution in [0.2, 0.25) is 0 Å². The Balaban J connectivity index is 1.88. The van der Waals surface area contributed by atoms with Gasteiger partial charge in [0.25, 0.3) is 0 Å². The molecule has 5 nitrogen and oxygen atoms in total. The van der Waals surface area contributed by atoms with Gasteiger partial charge in [-0.15, -0.1) is 11.8 Å². The maximum Gasteiger partial charge on any atom is 0.304 e. The largest absolute Gasteiger partial charge is 0.481 e. The van der Waals surface area contributed by atoms with Crippen LogP contribution in [0.15, 0.2) is 47.9 Å². The Labute approximate surface area is 171 Å². The summed E-state index contributed by atoms with van der Waals surface area (Å²) in [6.45, 7) is 2.54. The van der Waals surface area contributed by atoms with E-state index in [1.165, 1.54) is 11.8 Å². The van der Waals surface area contributed by atoms with Crippen molar-refractivity contribution in [3.05, 3.63) is 59.0 Å². The van der Waals surface area contributed by atoms with Crippen LogP contribution in [0.5, 0.6) is 0 Å². The third-order valence-electron chi connectivity index (χ3n) is 4.79. The van der Waals surface area contributed by atoms with Gasteiger partial charge < -0.3 is 15.1 Å². The summed E-state index contributed by atoms with van der Waals surface area (Å²) in [6, 6.07) is 8.01. The van der Waals surface area contributed by atoms with Crippen LogP contribution < -0.4 is 0 Å². The van der Waals surface area contributed by atoms with E-state index in [0.717, 1.165) is 24.0 Å². The van der Waals surface area contributed by atoms with Crippen molar-refractivity contribution in [2.45, 2.75) is 51.2 Å². The first-order chi connectivity index (χ1) is 13.5. The average Bonchev–Trinajstić information content (AvgIpc) is 2.66. The number of likely N-dealkylation sites (tertiary alicyclic amines) is 1. The van der Waals surface area contributed by atoms with Crippen LogP contribution in [0.4, 0.5) is 0 Å². The standard InChI is InChI=1S/C22H29NO4S/c1-17-6-2-3-7-18(17)16-20(24)11-10-19-8-4-9-21(25)23(19)13-5-14-28-15-12-22(26)27/h2-3,5-7,10-11,14,19-20,24H,4,8-9,12-13,15-16H2,1H3,(H,26,27)/t19-,20?/m1/s1. The monoisotopic (exact) mass is 403 g/mol. The molecule has 0 saturated carbocycles. The van der Waals surface area contributed by atoms with Crippen LogP contribution in [0.1, 0.15) is 36.8 Å². The summed E-state index contributed by atoms with van der Waals surface area (Å²) in [7, 11) is 0. The summed E-state index contributed by atoms with van der Waals surface area (Å²) >= 11 is 1.44. The van der Waals surface area contributed by atoms with Crippen LogP contribution in [-0.4, -0.2) is 51.4 Å². The molecular weight excluding hydrogens is 374 g/mol. The van der Waals surface area contributed by atoms with Gasteiger partial charge in [0.15, 0.2) is 0 Å². The highest BCUT2D eigenvalue weighted by Gasteiger charge is 2.25. The van der Waals surface area contributed by atoms with Crippen molar-refractivity contribution in [3.63, 3.8) is 0 Å². The number of aliphatic hydroxyl groups excluding tert-OH is 1. The molecule has 2 atom stereocenters. The first kappa shape index (κ1) is 22.2. The highest BCUT2D eigenvalue weighted by atomic mass is 32.2. The molecule has 1 amide bonds. The van der Waals surface area contributed by atoms with E-state index in [9.17, 15) is 14.7 Å². The Hall–Kier alpha value is -2.05. The minimum Gasteiger partial charge on any atom is -0.481 e. The second kappa shape index (κ2) is 11.7. The summed E-state index contributed by atoms with van der Waals surface area (Å²) in [5.41, 5.74) is 2.28. The number of carbonyl (C=O) groups is 2. The van der Waals surface area contributed by atoms with Gasteiger partial charge in [-0.25, -0.2) is 0 Å². The molecule has 2 rings (SSSR count). The predicted molar refractivity (Wildman–Crippen MR) is 113 cm³/mol. The Morgan fingerprint density at radius 1 is 1.39 bits per heavy atom. The molecule has 1 aromatic carbocycles. The van der Waals surface area contributed by atoms with Gasteiger partial charge in [-0.05, 0) is 36.3 Å². The van der Waals surface area contributed by atoms with Crippen molar-refractivity contribution in [2.75, 3.05) is 12.3 Å². The highest BCUT2D eigenvalue weighted by molar-refractivity contribution is 8.02.